The lowest BCUT2D eigenvalue weighted by molar-refractivity contribution is 1.45. The van der Waals surface area contributed by atoms with Gasteiger partial charge in [-0.05, 0) is 82.9 Å². The molecule has 0 atom stereocenters. The van der Waals surface area contributed by atoms with Crippen LogP contribution in [0.3, 0.4) is 0 Å². The molecule has 10 aromatic rings. The molecule has 0 aliphatic heterocycles. The van der Waals surface area contributed by atoms with Crippen LogP contribution < -0.4 is 0 Å². The lowest BCUT2D eigenvalue weighted by Crippen LogP contribution is -1.96. The highest BCUT2D eigenvalue weighted by Gasteiger charge is 2.23. The maximum Gasteiger partial charge on any atom is 0.0708 e. The zero-order valence-electron chi connectivity index (χ0n) is 27.3. The average Bonchev–Trinajstić information content (AvgIpc) is 3.19. The van der Waals surface area contributed by atoms with Gasteiger partial charge in [0.05, 0.1) is 5.52 Å². The molecule has 0 amide bonds. The number of hydrogen-bond acceptors (Lipinski definition) is 1. The highest BCUT2D eigenvalue weighted by molar-refractivity contribution is 6.29. The Kier molecular flexibility index (Phi) is 6.57. The Morgan fingerprint density at radius 3 is 1.26 bits per heavy atom. The molecule has 50 heavy (non-hydrogen) atoms. The van der Waals surface area contributed by atoms with Gasteiger partial charge in [-0.25, -0.2) is 0 Å². The molecular formula is C49H31N. The Balaban J connectivity index is 1.37. The molecule has 0 unspecified atom stereocenters. The van der Waals surface area contributed by atoms with Gasteiger partial charge in [0.15, 0.2) is 0 Å². The van der Waals surface area contributed by atoms with Crippen LogP contribution in [0.25, 0.3) is 98.5 Å². The smallest absolute Gasteiger partial charge is 0.0708 e. The number of rotatable bonds is 4. The second kappa shape index (κ2) is 11.5. The summed E-state index contributed by atoms with van der Waals surface area (Å²) in [5, 5.41) is 11.0. The number of hydrogen-bond donors (Lipinski definition) is 0. The average molecular weight is 634 g/mol. The van der Waals surface area contributed by atoms with Crippen molar-refractivity contribution in [2.75, 3.05) is 0 Å². The molecule has 1 nitrogen and oxygen atoms in total. The van der Waals surface area contributed by atoms with E-state index in [0.717, 1.165) is 16.3 Å². The number of para-hydroxylation sites is 1. The normalized spacial score (nSPS) is 11.6. The summed E-state index contributed by atoms with van der Waals surface area (Å²) in [5.41, 5.74) is 10.8. The minimum Gasteiger partial charge on any atom is -0.256 e. The summed E-state index contributed by atoms with van der Waals surface area (Å²) in [6.07, 6.45) is 2.11. The second-order valence-electron chi connectivity index (χ2n) is 13.0. The van der Waals surface area contributed by atoms with E-state index in [9.17, 15) is 0 Å². The van der Waals surface area contributed by atoms with Crippen molar-refractivity contribution in [1.29, 1.82) is 0 Å². The van der Waals surface area contributed by atoms with E-state index in [4.69, 9.17) is 4.98 Å². The van der Waals surface area contributed by atoms with Crippen LogP contribution >= 0.6 is 0 Å². The zero-order chi connectivity index (χ0) is 33.0. The van der Waals surface area contributed by atoms with E-state index in [2.05, 4.69) is 188 Å². The quantitative estimate of drug-likeness (QED) is 0.139. The molecule has 0 saturated carbocycles. The summed E-state index contributed by atoms with van der Waals surface area (Å²) in [4.78, 5) is 5.11. The topological polar surface area (TPSA) is 12.9 Å². The second-order valence-corrected chi connectivity index (χ2v) is 13.0. The first kappa shape index (κ1) is 28.4. The summed E-state index contributed by atoms with van der Waals surface area (Å²) in [6, 6.07) is 66.0. The van der Waals surface area contributed by atoms with E-state index in [1.54, 1.807) is 0 Å². The molecule has 0 aliphatic rings. The van der Waals surface area contributed by atoms with Crippen molar-refractivity contribution in [2.45, 2.75) is 0 Å². The fraction of sp³-hybridized carbons (Fsp3) is 0. The molecule has 10 rings (SSSR count). The summed E-state index contributed by atoms with van der Waals surface area (Å²) < 4.78 is 0. The molecule has 0 N–H and O–H groups in total. The lowest BCUT2D eigenvalue weighted by Gasteiger charge is -2.22. The summed E-state index contributed by atoms with van der Waals surface area (Å²) in [7, 11) is 0. The van der Waals surface area contributed by atoms with Crippen molar-refractivity contribution in [2.24, 2.45) is 0 Å². The van der Waals surface area contributed by atoms with E-state index in [1.807, 2.05) is 0 Å². The molecule has 0 aliphatic carbocycles. The van der Waals surface area contributed by atoms with Crippen molar-refractivity contribution < 1.29 is 0 Å². The van der Waals surface area contributed by atoms with Gasteiger partial charge in [-0.3, -0.25) is 4.98 Å². The minimum absolute atomic E-state index is 0.993. The summed E-state index contributed by atoms with van der Waals surface area (Å²) >= 11 is 0. The van der Waals surface area contributed by atoms with Crippen LogP contribution in [0.15, 0.2) is 188 Å². The number of benzene rings is 9. The first-order chi connectivity index (χ1) is 24.8. The van der Waals surface area contributed by atoms with Gasteiger partial charge in [0, 0.05) is 22.4 Å². The molecule has 0 fully saturated rings. The predicted octanol–water partition coefficient (Wildman–Crippen LogP) is 13.5. The van der Waals surface area contributed by atoms with Crippen LogP contribution in [0.1, 0.15) is 0 Å². The van der Waals surface area contributed by atoms with E-state index in [0.29, 0.717) is 0 Å². The van der Waals surface area contributed by atoms with Gasteiger partial charge in [0.25, 0.3) is 0 Å². The maximum atomic E-state index is 5.11. The van der Waals surface area contributed by atoms with Crippen molar-refractivity contribution >= 4 is 54.0 Å². The predicted molar refractivity (Wildman–Crippen MR) is 214 cm³/mol. The monoisotopic (exact) mass is 633 g/mol. The summed E-state index contributed by atoms with van der Waals surface area (Å²) in [5.74, 6) is 0. The van der Waals surface area contributed by atoms with Crippen molar-refractivity contribution in [3.8, 4) is 44.5 Å². The molecule has 1 heteroatoms. The Morgan fingerprint density at radius 1 is 0.260 bits per heavy atom. The van der Waals surface area contributed by atoms with Crippen LogP contribution in [0.2, 0.25) is 0 Å². The number of pyridine rings is 1. The molecule has 9 aromatic carbocycles. The molecule has 0 bridgehead atoms. The van der Waals surface area contributed by atoms with Gasteiger partial charge in [-0.15, -0.1) is 0 Å². The van der Waals surface area contributed by atoms with E-state index in [-0.39, 0.29) is 0 Å². The van der Waals surface area contributed by atoms with Crippen LogP contribution in [-0.2, 0) is 0 Å². The van der Waals surface area contributed by atoms with Gasteiger partial charge in [-0.1, -0.05) is 176 Å². The Morgan fingerprint density at radius 2 is 0.660 bits per heavy atom. The highest BCUT2D eigenvalue weighted by atomic mass is 14.7. The van der Waals surface area contributed by atoms with Crippen LogP contribution in [0.4, 0.5) is 0 Å². The zero-order valence-corrected chi connectivity index (χ0v) is 27.3. The molecular weight excluding hydrogens is 603 g/mol. The molecule has 0 radical (unpaired) electrons. The third kappa shape index (κ3) is 4.37. The fourth-order valence-corrected chi connectivity index (χ4v) is 8.16. The minimum atomic E-state index is 0.993. The van der Waals surface area contributed by atoms with Gasteiger partial charge >= 0.3 is 0 Å². The van der Waals surface area contributed by atoms with Crippen LogP contribution in [0, 0.1) is 0 Å². The Bertz CT molecular complexity index is 2920. The van der Waals surface area contributed by atoms with Crippen molar-refractivity contribution in [1.82, 2.24) is 4.98 Å². The Labute approximate surface area is 290 Å². The van der Waals surface area contributed by atoms with Gasteiger partial charge < -0.3 is 0 Å². The van der Waals surface area contributed by atoms with E-state index < -0.39 is 0 Å². The SMILES string of the molecule is c1ccc(-c2c3ccccc3c(-c3ccccc3-c3cccc4ccccc34)c3c2cnc2ccccc23)c(-c2cccc3ccccc23)c1. The van der Waals surface area contributed by atoms with Crippen molar-refractivity contribution in [3.63, 3.8) is 0 Å². The highest BCUT2D eigenvalue weighted by Crippen LogP contribution is 2.50. The Hall–Kier alpha value is -6.57. The number of nitrogens with zero attached hydrogens (tertiary/aromatic N) is 1. The molecule has 1 heterocycles. The van der Waals surface area contributed by atoms with E-state index >= 15 is 0 Å². The molecule has 0 spiro atoms. The standard InChI is InChI=1S/C49H31N/c1-3-19-34-32(15-1)17-13-28-36(34)38-21-5-7-23-40(38)47-42-25-9-10-26-43(42)48(49-44-27-11-12-30-46(44)50-31-45(47)49)41-24-8-6-22-39(41)37-29-14-18-33-16-2-4-20-35(33)37/h1-31H. The first-order valence-electron chi connectivity index (χ1n) is 17.2. The molecule has 1 aromatic heterocycles. The lowest BCUT2D eigenvalue weighted by atomic mass is 9.81. The van der Waals surface area contributed by atoms with Crippen LogP contribution in [0.5, 0.6) is 0 Å². The largest absolute Gasteiger partial charge is 0.256 e. The maximum absolute atomic E-state index is 5.11. The fourth-order valence-electron chi connectivity index (χ4n) is 8.16. The molecule has 232 valence electrons. The van der Waals surface area contributed by atoms with E-state index in [1.165, 1.54) is 82.2 Å². The van der Waals surface area contributed by atoms with Gasteiger partial charge in [0.2, 0.25) is 0 Å². The summed E-state index contributed by atoms with van der Waals surface area (Å²) in [6.45, 7) is 0. The van der Waals surface area contributed by atoms with Gasteiger partial charge in [0.1, 0.15) is 0 Å². The molecule has 0 saturated heterocycles. The van der Waals surface area contributed by atoms with Crippen LogP contribution in [-0.4, -0.2) is 4.98 Å². The van der Waals surface area contributed by atoms with Crippen molar-refractivity contribution in [3.05, 3.63) is 188 Å². The third-order valence-electron chi connectivity index (χ3n) is 10.3. The van der Waals surface area contributed by atoms with Gasteiger partial charge in [-0.2, -0.15) is 0 Å². The third-order valence-corrected chi connectivity index (χ3v) is 10.3. The number of fused-ring (bicyclic) bond motifs is 6. The first-order valence-corrected chi connectivity index (χ1v) is 17.2. The number of aromatic nitrogens is 1.